The van der Waals surface area contributed by atoms with Crippen molar-refractivity contribution < 1.29 is 4.74 Å². The first-order valence-electron chi connectivity index (χ1n) is 6.65. The third-order valence-corrected chi connectivity index (χ3v) is 4.22. The normalized spacial score (nSPS) is 31.9. The molecule has 1 aliphatic rings. The fourth-order valence-electron chi connectivity index (χ4n) is 2.70. The van der Waals surface area contributed by atoms with Gasteiger partial charge in [-0.15, -0.1) is 0 Å². The maximum Gasteiger partial charge on any atom is 0.119 e. The third-order valence-electron chi connectivity index (χ3n) is 4.22. The molecule has 0 spiro atoms. The molecule has 0 amide bonds. The number of ether oxygens (including phenoxy) is 1. The number of para-hydroxylation sites is 1. The van der Waals surface area contributed by atoms with Gasteiger partial charge in [-0.3, -0.25) is 0 Å². The minimum atomic E-state index is 0.270. The van der Waals surface area contributed by atoms with E-state index in [0.717, 1.165) is 25.1 Å². The van der Waals surface area contributed by atoms with E-state index in [9.17, 15) is 0 Å². The van der Waals surface area contributed by atoms with E-state index in [-0.39, 0.29) is 5.41 Å². The monoisotopic (exact) mass is 233 g/mol. The van der Waals surface area contributed by atoms with Crippen LogP contribution in [0.5, 0.6) is 5.75 Å². The molecule has 0 aliphatic heterocycles. The van der Waals surface area contributed by atoms with Gasteiger partial charge in [0.15, 0.2) is 0 Å². The first-order chi connectivity index (χ1) is 8.20. The Morgan fingerprint density at radius 1 is 1.29 bits per heavy atom. The Morgan fingerprint density at radius 3 is 2.59 bits per heavy atom. The van der Waals surface area contributed by atoms with Crippen molar-refractivity contribution >= 4 is 0 Å². The molecule has 0 bridgehead atoms. The summed E-state index contributed by atoms with van der Waals surface area (Å²) in [6.45, 7) is 7.79. The molecule has 1 aromatic carbocycles. The predicted octanol–water partition coefficient (Wildman–Crippen LogP) is 3.23. The van der Waals surface area contributed by atoms with Gasteiger partial charge in [0, 0.05) is 17.9 Å². The lowest BCUT2D eigenvalue weighted by Gasteiger charge is -2.53. The summed E-state index contributed by atoms with van der Waals surface area (Å²) in [5, 5.41) is 3.56. The lowest BCUT2D eigenvalue weighted by Crippen LogP contribution is -2.63. The van der Waals surface area contributed by atoms with Gasteiger partial charge in [-0.25, -0.2) is 0 Å². The molecule has 0 aromatic heterocycles. The van der Waals surface area contributed by atoms with Crippen molar-refractivity contribution in [1.29, 1.82) is 0 Å². The molecule has 0 heterocycles. The Hall–Kier alpha value is -1.02. The van der Waals surface area contributed by atoms with E-state index in [1.165, 1.54) is 0 Å². The van der Waals surface area contributed by atoms with Crippen LogP contribution in [0.15, 0.2) is 30.3 Å². The molecule has 1 fully saturated rings. The van der Waals surface area contributed by atoms with E-state index in [1.54, 1.807) is 0 Å². The second-order valence-corrected chi connectivity index (χ2v) is 5.12. The van der Waals surface area contributed by atoms with Crippen molar-refractivity contribution in [2.24, 2.45) is 5.41 Å². The van der Waals surface area contributed by atoms with Gasteiger partial charge in [-0.2, -0.15) is 0 Å². The molecule has 3 unspecified atom stereocenters. The van der Waals surface area contributed by atoms with Crippen molar-refractivity contribution in [2.45, 2.75) is 45.8 Å². The van der Waals surface area contributed by atoms with Crippen molar-refractivity contribution in [2.75, 3.05) is 6.54 Å². The van der Waals surface area contributed by atoms with Crippen LogP contribution in [0.4, 0.5) is 0 Å². The standard InChI is InChI=1S/C15H23NO/c1-4-15(3)13(16-5-2)11-14(15)17-12-9-7-6-8-10-12/h6-10,13-14,16H,4-5,11H2,1-3H3. The summed E-state index contributed by atoms with van der Waals surface area (Å²) >= 11 is 0. The Labute approximate surface area is 104 Å². The maximum absolute atomic E-state index is 6.09. The van der Waals surface area contributed by atoms with Crippen LogP contribution in [0.1, 0.15) is 33.6 Å². The Bertz CT molecular complexity index is 351. The molecule has 0 saturated heterocycles. The molecule has 1 N–H and O–H groups in total. The highest BCUT2D eigenvalue weighted by Crippen LogP contribution is 2.45. The number of hydrogen-bond donors (Lipinski definition) is 1. The minimum Gasteiger partial charge on any atom is -0.490 e. The van der Waals surface area contributed by atoms with Crippen LogP contribution in [-0.2, 0) is 0 Å². The molecule has 94 valence electrons. The Balaban J connectivity index is 2.00. The Kier molecular flexibility index (Phi) is 3.72. The molecular formula is C15H23NO. The summed E-state index contributed by atoms with van der Waals surface area (Å²) in [7, 11) is 0. The van der Waals surface area contributed by atoms with Crippen LogP contribution in [0.25, 0.3) is 0 Å². The largest absolute Gasteiger partial charge is 0.490 e. The SMILES string of the molecule is CCNC1CC(Oc2ccccc2)C1(C)CC. The molecule has 1 saturated carbocycles. The molecule has 0 radical (unpaired) electrons. The maximum atomic E-state index is 6.09. The molecule has 2 nitrogen and oxygen atoms in total. The number of rotatable bonds is 5. The van der Waals surface area contributed by atoms with Crippen molar-refractivity contribution in [3.8, 4) is 5.75 Å². The molecule has 3 atom stereocenters. The van der Waals surface area contributed by atoms with Gasteiger partial charge in [-0.05, 0) is 25.1 Å². The topological polar surface area (TPSA) is 21.3 Å². The van der Waals surface area contributed by atoms with E-state index in [4.69, 9.17) is 4.74 Å². The van der Waals surface area contributed by atoms with Gasteiger partial charge in [0.05, 0.1) is 0 Å². The number of hydrogen-bond acceptors (Lipinski definition) is 2. The van der Waals surface area contributed by atoms with Crippen molar-refractivity contribution in [3.05, 3.63) is 30.3 Å². The summed E-state index contributed by atoms with van der Waals surface area (Å²) < 4.78 is 6.09. The van der Waals surface area contributed by atoms with Crippen LogP contribution in [0.3, 0.4) is 0 Å². The van der Waals surface area contributed by atoms with E-state index < -0.39 is 0 Å². The van der Waals surface area contributed by atoms with Gasteiger partial charge in [0.25, 0.3) is 0 Å². The van der Waals surface area contributed by atoms with Gasteiger partial charge >= 0.3 is 0 Å². The molecule has 1 aromatic rings. The first-order valence-corrected chi connectivity index (χ1v) is 6.65. The van der Waals surface area contributed by atoms with Crippen LogP contribution in [0, 0.1) is 5.41 Å². The highest BCUT2D eigenvalue weighted by atomic mass is 16.5. The van der Waals surface area contributed by atoms with E-state index >= 15 is 0 Å². The average molecular weight is 233 g/mol. The summed E-state index contributed by atoms with van der Waals surface area (Å²) in [5.41, 5.74) is 0.270. The summed E-state index contributed by atoms with van der Waals surface area (Å²) in [5.74, 6) is 0.993. The third kappa shape index (κ3) is 2.32. The first kappa shape index (κ1) is 12.4. The zero-order chi connectivity index (χ0) is 12.3. The number of nitrogens with one attached hydrogen (secondary N) is 1. The Morgan fingerprint density at radius 2 is 2.00 bits per heavy atom. The molecular weight excluding hydrogens is 210 g/mol. The zero-order valence-electron chi connectivity index (χ0n) is 11.1. The van der Waals surface area contributed by atoms with Crippen LogP contribution >= 0.6 is 0 Å². The van der Waals surface area contributed by atoms with E-state index in [0.29, 0.717) is 12.1 Å². The van der Waals surface area contributed by atoms with Crippen LogP contribution in [0.2, 0.25) is 0 Å². The lowest BCUT2D eigenvalue weighted by molar-refractivity contribution is -0.0696. The lowest BCUT2D eigenvalue weighted by atomic mass is 9.61. The van der Waals surface area contributed by atoms with Crippen molar-refractivity contribution in [3.63, 3.8) is 0 Å². The molecule has 1 aliphatic carbocycles. The van der Waals surface area contributed by atoms with Gasteiger partial charge in [0.2, 0.25) is 0 Å². The van der Waals surface area contributed by atoms with Gasteiger partial charge < -0.3 is 10.1 Å². The van der Waals surface area contributed by atoms with E-state index in [1.807, 2.05) is 30.3 Å². The quantitative estimate of drug-likeness (QED) is 0.843. The minimum absolute atomic E-state index is 0.270. The van der Waals surface area contributed by atoms with Crippen LogP contribution in [-0.4, -0.2) is 18.7 Å². The summed E-state index contributed by atoms with van der Waals surface area (Å²) in [6, 6.07) is 10.8. The highest BCUT2D eigenvalue weighted by Gasteiger charge is 2.51. The second-order valence-electron chi connectivity index (χ2n) is 5.12. The fraction of sp³-hybridized carbons (Fsp3) is 0.600. The fourth-order valence-corrected chi connectivity index (χ4v) is 2.70. The summed E-state index contributed by atoms with van der Waals surface area (Å²) in [4.78, 5) is 0. The van der Waals surface area contributed by atoms with Crippen LogP contribution < -0.4 is 10.1 Å². The highest BCUT2D eigenvalue weighted by molar-refractivity contribution is 5.22. The van der Waals surface area contributed by atoms with E-state index in [2.05, 4.69) is 26.1 Å². The number of benzene rings is 1. The smallest absolute Gasteiger partial charge is 0.119 e. The molecule has 17 heavy (non-hydrogen) atoms. The zero-order valence-corrected chi connectivity index (χ0v) is 11.1. The van der Waals surface area contributed by atoms with Gasteiger partial charge in [-0.1, -0.05) is 39.0 Å². The average Bonchev–Trinajstić information content (AvgIpc) is 2.38. The second kappa shape index (κ2) is 5.09. The molecule has 2 heteroatoms. The van der Waals surface area contributed by atoms with Crippen molar-refractivity contribution in [1.82, 2.24) is 5.32 Å². The summed E-state index contributed by atoms with van der Waals surface area (Å²) in [6.07, 6.45) is 2.62. The predicted molar refractivity (Wildman–Crippen MR) is 71.3 cm³/mol. The van der Waals surface area contributed by atoms with Gasteiger partial charge in [0.1, 0.15) is 11.9 Å². The molecule has 2 rings (SSSR count).